The normalized spacial score (nSPS) is 16.3. The number of ether oxygens (including phenoxy) is 12. The van der Waals surface area contributed by atoms with Gasteiger partial charge in [0.05, 0.1) is 52.9 Å². The van der Waals surface area contributed by atoms with Crippen LogP contribution in [0, 0.1) is 0 Å². The van der Waals surface area contributed by atoms with Gasteiger partial charge in [0.25, 0.3) is 0 Å². The first-order chi connectivity index (χ1) is 34.4. The van der Waals surface area contributed by atoms with E-state index < -0.39 is 189 Å². The Balaban J connectivity index is 7.58. The Bertz CT molecular complexity index is 1590. The first-order valence-corrected chi connectivity index (χ1v) is 22.9. The molecule has 0 heterocycles. The highest BCUT2D eigenvalue weighted by molar-refractivity contribution is 5.83. The van der Waals surface area contributed by atoms with Gasteiger partial charge < -0.3 is 87.5 Å². The lowest BCUT2D eigenvalue weighted by atomic mass is 10.0. The van der Waals surface area contributed by atoms with Crippen molar-refractivity contribution in [1.29, 1.82) is 0 Å². The molecule has 0 radical (unpaired) electrons. The minimum atomic E-state index is -1.64. The fourth-order valence-corrected chi connectivity index (χ4v) is 5.32. The fraction of sp³-hybridized carbons (Fsp3) is 0.625. The number of aliphatic hydroxyl groups is 6. The van der Waals surface area contributed by atoms with Crippen molar-refractivity contribution in [3.8, 4) is 0 Å². The van der Waals surface area contributed by atoms with Crippen molar-refractivity contribution in [2.75, 3.05) is 92.5 Å². The highest BCUT2D eigenvalue weighted by atomic mass is 16.6. The first kappa shape index (κ1) is 66.8. The summed E-state index contributed by atoms with van der Waals surface area (Å²) in [5, 5.41) is 65.1. The predicted octanol–water partition coefficient (Wildman–Crippen LogP) is -0.558. The third kappa shape index (κ3) is 35.0. The van der Waals surface area contributed by atoms with E-state index in [2.05, 4.69) is 0 Å². The molecule has 10 atom stereocenters. The van der Waals surface area contributed by atoms with Gasteiger partial charge in [0, 0.05) is 36.5 Å². The fourth-order valence-electron chi connectivity index (χ4n) is 5.32. The quantitative estimate of drug-likeness (QED) is 0.0254. The molecular formula is C48H74O24. The van der Waals surface area contributed by atoms with E-state index in [1.165, 1.54) is 36.5 Å². The summed E-state index contributed by atoms with van der Waals surface area (Å²) in [5.74, 6) is -4.66. The SMILES string of the molecule is CC=CC(=O)OCC(O)COC[C@H](OCC(O)COC(=O)C=CC)[C@@H](OCC(O)COC(=O)C=CC)[C@@H](OCC(O)COC(=O)C=CC)[C@@H](COCC(O)COC(=O)C=CC)OCC(O)COC(=O)C=CC. The Morgan fingerprint density at radius 1 is 0.292 bits per heavy atom. The van der Waals surface area contributed by atoms with Gasteiger partial charge in [-0.25, -0.2) is 28.8 Å². The van der Waals surface area contributed by atoms with Gasteiger partial charge in [-0.05, 0) is 41.5 Å². The smallest absolute Gasteiger partial charge is 0.330 e. The molecule has 0 aromatic carbocycles. The summed E-state index contributed by atoms with van der Waals surface area (Å²) >= 11 is 0. The van der Waals surface area contributed by atoms with E-state index in [0.29, 0.717) is 0 Å². The molecule has 0 rings (SSSR count). The Hall–Kier alpha value is -5.22. The number of carbonyl (C=O) groups is 6. The highest BCUT2D eigenvalue weighted by Crippen LogP contribution is 2.22. The Morgan fingerprint density at radius 2 is 0.486 bits per heavy atom. The molecule has 72 heavy (non-hydrogen) atoms. The maximum absolute atomic E-state index is 12.1. The highest BCUT2D eigenvalue weighted by Gasteiger charge is 2.40. The molecule has 0 aliphatic heterocycles. The lowest BCUT2D eigenvalue weighted by Gasteiger charge is -2.38. The van der Waals surface area contributed by atoms with Crippen LogP contribution in [0.2, 0.25) is 0 Å². The van der Waals surface area contributed by atoms with Gasteiger partial charge in [-0.2, -0.15) is 0 Å². The van der Waals surface area contributed by atoms with Crippen LogP contribution in [-0.2, 0) is 85.6 Å². The van der Waals surface area contributed by atoms with Crippen molar-refractivity contribution in [1.82, 2.24) is 0 Å². The third-order valence-electron chi connectivity index (χ3n) is 8.53. The van der Waals surface area contributed by atoms with E-state index in [1.54, 1.807) is 41.5 Å². The van der Waals surface area contributed by atoms with Crippen LogP contribution in [0.15, 0.2) is 72.9 Å². The molecule has 0 aromatic rings. The van der Waals surface area contributed by atoms with Crippen LogP contribution in [0.3, 0.4) is 0 Å². The van der Waals surface area contributed by atoms with E-state index in [-0.39, 0.29) is 0 Å². The van der Waals surface area contributed by atoms with Gasteiger partial charge in [-0.15, -0.1) is 0 Å². The van der Waals surface area contributed by atoms with Gasteiger partial charge >= 0.3 is 35.8 Å². The van der Waals surface area contributed by atoms with Crippen molar-refractivity contribution in [3.63, 3.8) is 0 Å². The molecule has 0 bridgehead atoms. The molecule has 0 aliphatic rings. The molecule has 0 saturated carbocycles. The standard InChI is InChI=1S/C48H74O24/c1-7-13-41(55)65-23-33(49)19-61-31-39(63-21-35(51)25-67-43(57)15-9-3)47(71-29-37(53)27-69-45(59)17-11-5)48(72-30-38(54)28-70-46(60)18-12-6)40(64-22-36(52)26-68-44(58)16-10-4)32-62-20-34(50)24-66-42(56)14-8-2/h7-18,33-40,47-54H,19-32H2,1-6H3/t33?,34?,35?,36?,37?,38?,39-,40+,47+,48-. The van der Waals surface area contributed by atoms with E-state index >= 15 is 0 Å². The Morgan fingerprint density at radius 3 is 0.694 bits per heavy atom. The van der Waals surface area contributed by atoms with Crippen molar-refractivity contribution in [2.45, 2.75) is 103 Å². The maximum atomic E-state index is 12.1. The molecule has 6 N–H and O–H groups in total. The van der Waals surface area contributed by atoms with E-state index in [9.17, 15) is 59.4 Å². The average molecular weight is 1040 g/mol. The van der Waals surface area contributed by atoms with Crippen molar-refractivity contribution < 1.29 is 116 Å². The largest absolute Gasteiger partial charge is 0.460 e. The molecule has 0 fully saturated rings. The zero-order valence-electron chi connectivity index (χ0n) is 41.6. The molecule has 24 heteroatoms. The second-order valence-corrected chi connectivity index (χ2v) is 15.1. The molecule has 0 saturated heterocycles. The van der Waals surface area contributed by atoms with Crippen molar-refractivity contribution in [2.24, 2.45) is 0 Å². The lowest BCUT2D eigenvalue weighted by molar-refractivity contribution is -0.219. The molecule has 6 unspecified atom stereocenters. The summed E-state index contributed by atoms with van der Waals surface area (Å²) < 4.78 is 66.6. The van der Waals surface area contributed by atoms with Crippen LogP contribution in [0.5, 0.6) is 0 Å². The molecule has 0 aliphatic carbocycles. The second-order valence-electron chi connectivity index (χ2n) is 15.1. The molecule has 410 valence electrons. The number of aliphatic hydroxyl groups excluding tert-OH is 6. The van der Waals surface area contributed by atoms with Gasteiger partial charge in [0.15, 0.2) is 0 Å². The summed E-state index contributed by atoms with van der Waals surface area (Å²) in [6, 6.07) is 0. The zero-order chi connectivity index (χ0) is 54.1. The Labute approximate surface area is 419 Å². The number of esters is 6. The average Bonchev–Trinajstić information content (AvgIpc) is 3.34. The summed E-state index contributed by atoms with van der Waals surface area (Å²) in [7, 11) is 0. The third-order valence-corrected chi connectivity index (χ3v) is 8.53. The van der Waals surface area contributed by atoms with Crippen molar-refractivity contribution >= 4 is 35.8 Å². The number of allylic oxidation sites excluding steroid dienone is 6. The number of carbonyl (C=O) groups excluding carboxylic acids is 6. The van der Waals surface area contributed by atoms with Crippen LogP contribution < -0.4 is 0 Å². The van der Waals surface area contributed by atoms with Crippen molar-refractivity contribution in [3.05, 3.63) is 72.9 Å². The monoisotopic (exact) mass is 1030 g/mol. The van der Waals surface area contributed by atoms with Crippen LogP contribution >= 0.6 is 0 Å². The first-order valence-electron chi connectivity index (χ1n) is 22.9. The van der Waals surface area contributed by atoms with Crippen LogP contribution in [0.4, 0.5) is 0 Å². The second kappa shape index (κ2) is 42.3. The van der Waals surface area contributed by atoms with Crippen LogP contribution in [-0.4, -0.2) is 220 Å². The van der Waals surface area contributed by atoms with Gasteiger partial charge in [0.2, 0.25) is 0 Å². The maximum Gasteiger partial charge on any atom is 0.330 e. The summed E-state index contributed by atoms with van der Waals surface area (Å²) in [6.07, 6.45) is -0.131. The van der Waals surface area contributed by atoms with Gasteiger partial charge in [-0.1, -0.05) is 36.5 Å². The van der Waals surface area contributed by atoms with Gasteiger partial charge in [-0.3, -0.25) is 0 Å². The molecule has 0 aromatic heterocycles. The number of hydrogen-bond donors (Lipinski definition) is 6. The zero-order valence-corrected chi connectivity index (χ0v) is 41.6. The van der Waals surface area contributed by atoms with E-state index in [0.717, 1.165) is 36.5 Å². The summed E-state index contributed by atoms with van der Waals surface area (Å²) in [4.78, 5) is 72.2. The Kier molecular flexibility index (Phi) is 39.2. The van der Waals surface area contributed by atoms with Crippen LogP contribution in [0.25, 0.3) is 0 Å². The summed E-state index contributed by atoms with van der Waals surface area (Å²) in [6.45, 7) is 1.23. The predicted molar refractivity (Wildman–Crippen MR) is 251 cm³/mol. The topological polar surface area (TPSA) is 335 Å². The lowest BCUT2D eigenvalue weighted by Crippen LogP contribution is -2.55. The number of hydrogen-bond acceptors (Lipinski definition) is 24. The van der Waals surface area contributed by atoms with E-state index in [1.807, 2.05) is 0 Å². The molecular weight excluding hydrogens is 961 g/mol. The van der Waals surface area contributed by atoms with Crippen LogP contribution in [0.1, 0.15) is 41.5 Å². The molecule has 0 amide bonds. The minimum Gasteiger partial charge on any atom is -0.460 e. The molecule has 0 spiro atoms. The summed E-state index contributed by atoms with van der Waals surface area (Å²) in [5.41, 5.74) is 0. The number of rotatable bonds is 41. The van der Waals surface area contributed by atoms with E-state index in [4.69, 9.17) is 56.8 Å². The van der Waals surface area contributed by atoms with Gasteiger partial charge in [0.1, 0.15) is 101 Å². The minimum absolute atomic E-state index is 0.509. The molecule has 24 nitrogen and oxygen atoms in total.